The van der Waals surface area contributed by atoms with Crippen LogP contribution >= 0.6 is 0 Å². The molecule has 0 spiro atoms. The quantitative estimate of drug-likeness (QED) is 0.611. The maximum absolute atomic E-state index is 11.5. The van der Waals surface area contributed by atoms with Crippen molar-refractivity contribution in [3.63, 3.8) is 0 Å². The molecule has 0 aliphatic carbocycles. The number of carboxylic acid groups (broad SMARTS) is 1. The average molecular weight is 245 g/mol. The van der Waals surface area contributed by atoms with E-state index in [1.54, 1.807) is 7.11 Å². The lowest BCUT2D eigenvalue weighted by atomic mass is 9.88. The minimum absolute atomic E-state index is 0.00702. The van der Waals surface area contributed by atoms with Crippen molar-refractivity contribution >= 4 is 11.9 Å². The van der Waals surface area contributed by atoms with Gasteiger partial charge in [0.2, 0.25) is 5.91 Å². The fourth-order valence-electron chi connectivity index (χ4n) is 1.89. The van der Waals surface area contributed by atoms with E-state index in [0.29, 0.717) is 32.8 Å². The van der Waals surface area contributed by atoms with Crippen molar-refractivity contribution in [1.29, 1.82) is 0 Å². The van der Waals surface area contributed by atoms with Crippen LogP contribution in [0.4, 0.5) is 0 Å². The van der Waals surface area contributed by atoms with Crippen LogP contribution < -0.4 is 5.32 Å². The van der Waals surface area contributed by atoms with Crippen LogP contribution in [0, 0.1) is 11.8 Å². The van der Waals surface area contributed by atoms with Gasteiger partial charge in [-0.15, -0.1) is 0 Å². The van der Waals surface area contributed by atoms with Crippen LogP contribution in [-0.2, 0) is 19.1 Å². The highest BCUT2D eigenvalue weighted by atomic mass is 16.5. The van der Waals surface area contributed by atoms with E-state index in [0.717, 1.165) is 0 Å². The number of carbonyl (C=O) groups is 2. The summed E-state index contributed by atoms with van der Waals surface area (Å²) in [6, 6.07) is 0. The van der Waals surface area contributed by atoms with Crippen LogP contribution in [-0.4, -0.2) is 50.5 Å². The molecule has 0 aromatic carbocycles. The van der Waals surface area contributed by atoms with Gasteiger partial charge in [-0.1, -0.05) is 0 Å². The molecule has 1 saturated heterocycles. The predicted octanol–water partition coefficient (Wildman–Crippen LogP) is -0.124. The van der Waals surface area contributed by atoms with Gasteiger partial charge >= 0.3 is 5.97 Å². The number of carbonyl (C=O) groups excluding carboxylic acids is 1. The van der Waals surface area contributed by atoms with E-state index in [2.05, 4.69) is 5.32 Å². The number of rotatable bonds is 7. The van der Waals surface area contributed by atoms with E-state index >= 15 is 0 Å². The molecule has 1 heterocycles. The molecule has 1 aliphatic heterocycles. The summed E-state index contributed by atoms with van der Waals surface area (Å²) < 4.78 is 9.95. The first-order valence-corrected chi connectivity index (χ1v) is 5.71. The van der Waals surface area contributed by atoms with E-state index in [-0.39, 0.29) is 18.2 Å². The highest BCUT2D eigenvalue weighted by Crippen LogP contribution is 2.25. The third kappa shape index (κ3) is 4.70. The van der Waals surface area contributed by atoms with Gasteiger partial charge in [-0.05, 0) is 12.3 Å². The summed E-state index contributed by atoms with van der Waals surface area (Å²) in [4.78, 5) is 22.6. The fourth-order valence-corrected chi connectivity index (χ4v) is 1.89. The highest BCUT2D eigenvalue weighted by molar-refractivity contribution is 5.82. The average Bonchev–Trinajstić information content (AvgIpc) is 2.79. The third-order valence-electron chi connectivity index (χ3n) is 2.88. The molecule has 0 aromatic rings. The molecule has 2 atom stereocenters. The minimum atomic E-state index is -0.928. The topological polar surface area (TPSA) is 84.9 Å². The molecule has 0 aromatic heterocycles. The van der Waals surface area contributed by atoms with Gasteiger partial charge in [0.1, 0.15) is 0 Å². The van der Waals surface area contributed by atoms with Crippen LogP contribution in [0.5, 0.6) is 0 Å². The molecule has 17 heavy (non-hydrogen) atoms. The first kappa shape index (κ1) is 13.9. The summed E-state index contributed by atoms with van der Waals surface area (Å²) in [7, 11) is 1.54. The molecule has 1 amide bonds. The summed E-state index contributed by atoms with van der Waals surface area (Å²) in [5.41, 5.74) is 0. The van der Waals surface area contributed by atoms with Crippen molar-refractivity contribution in [2.75, 3.05) is 33.5 Å². The van der Waals surface area contributed by atoms with E-state index in [1.807, 2.05) is 0 Å². The summed E-state index contributed by atoms with van der Waals surface area (Å²) in [6.07, 6.45) is 0.718. The smallest absolute Gasteiger partial charge is 0.307 e. The van der Waals surface area contributed by atoms with Crippen LogP contribution in [0.3, 0.4) is 0 Å². The van der Waals surface area contributed by atoms with E-state index in [1.165, 1.54) is 0 Å². The van der Waals surface area contributed by atoms with E-state index < -0.39 is 11.9 Å². The van der Waals surface area contributed by atoms with Crippen molar-refractivity contribution in [2.45, 2.75) is 12.8 Å². The van der Waals surface area contributed by atoms with Gasteiger partial charge in [-0.25, -0.2) is 0 Å². The van der Waals surface area contributed by atoms with Crippen LogP contribution in [0.1, 0.15) is 12.8 Å². The van der Waals surface area contributed by atoms with Gasteiger partial charge in [0.15, 0.2) is 0 Å². The molecule has 1 fully saturated rings. The number of hydrogen-bond donors (Lipinski definition) is 2. The Morgan fingerprint density at radius 2 is 2.35 bits per heavy atom. The Balaban J connectivity index is 2.37. The lowest BCUT2D eigenvalue weighted by Crippen LogP contribution is -2.33. The number of ether oxygens (including phenoxy) is 2. The zero-order valence-corrected chi connectivity index (χ0v) is 9.98. The van der Waals surface area contributed by atoms with Crippen LogP contribution in [0.25, 0.3) is 0 Å². The second kappa shape index (κ2) is 7.24. The largest absolute Gasteiger partial charge is 0.481 e. The molecule has 0 radical (unpaired) electrons. The van der Waals surface area contributed by atoms with Crippen LogP contribution in [0.2, 0.25) is 0 Å². The van der Waals surface area contributed by atoms with Gasteiger partial charge < -0.3 is 19.9 Å². The molecule has 6 nitrogen and oxygen atoms in total. The molecule has 98 valence electrons. The first-order chi connectivity index (χ1) is 8.15. The second-order valence-corrected chi connectivity index (χ2v) is 4.12. The molecule has 1 aliphatic rings. The van der Waals surface area contributed by atoms with Gasteiger partial charge in [0.25, 0.3) is 0 Å². The minimum Gasteiger partial charge on any atom is -0.481 e. The van der Waals surface area contributed by atoms with Crippen molar-refractivity contribution in [1.82, 2.24) is 5.32 Å². The number of carboxylic acids is 1. The summed E-state index contributed by atoms with van der Waals surface area (Å²) in [5, 5.41) is 11.7. The number of aliphatic carboxylic acids is 1. The molecule has 0 bridgehead atoms. The Morgan fingerprint density at radius 1 is 1.59 bits per heavy atom. The number of amides is 1. The molecule has 6 heteroatoms. The van der Waals surface area contributed by atoms with Crippen LogP contribution in [0.15, 0.2) is 0 Å². The van der Waals surface area contributed by atoms with E-state index in [4.69, 9.17) is 14.6 Å². The highest BCUT2D eigenvalue weighted by Gasteiger charge is 2.32. The Labute approximate surface area is 100 Å². The first-order valence-electron chi connectivity index (χ1n) is 5.71. The van der Waals surface area contributed by atoms with Gasteiger partial charge in [-0.3, -0.25) is 9.59 Å². The normalized spacial score (nSPS) is 21.1. The number of hydrogen-bond acceptors (Lipinski definition) is 4. The standard InChI is InChI=1S/C11H19NO5/c1-16-5-3-12-10(13)6-9(11(14)15)8-2-4-17-7-8/h8-9H,2-7H2,1H3,(H,12,13)(H,14,15). The predicted molar refractivity (Wildman–Crippen MR) is 59.6 cm³/mol. The van der Waals surface area contributed by atoms with Gasteiger partial charge in [0, 0.05) is 26.7 Å². The molecular formula is C11H19NO5. The van der Waals surface area contributed by atoms with Crippen molar-refractivity contribution in [2.24, 2.45) is 11.8 Å². The monoisotopic (exact) mass is 245 g/mol. The molecule has 2 N–H and O–H groups in total. The third-order valence-corrected chi connectivity index (χ3v) is 2.88. The number of nitrogens with one attached hydrogen (secondary N) is 1. The van der Waals surface area contributed by atoms with Crippen molar-refractivity contribution in [3.8, 4) is 0 Å². The molecule has 0 saturated carbocycles. The summed E-state index contributed by atoms with van der Waals surface area (Å²) in [6.45, 7) is 1.85. The lowest BCUT2D eigenvalue weighted by molar-refractivity contribution is -0.146. The molecule has 1 rings (SSSR count). The van der Waals surface area contributed by atoms with E-state index in [9.17, 15) is 9.59 Å². The van der Waals surface area contributed by atoms with Crippen molar-refractivity contribution < 1.29 is 24.2 Å². The summed E-state index contributed by atoms with van der Waals surface area (Å²) >= 11 is 0. The van der Waals surface area contributed by atoms with Crippen molar-refractivity contribution in [3.05, 3.63) is 0 Å². The molecular weight excluding hydrogens is 226 g/mol. The molecule has 2 unspecified atom stereocenters. The summed E-state index contributed by atoms with van der Waals surface area (Å²) in [5.74, 6) is -1.88. The number of methoxy groups -OCH3 is 1. The Morgan fingerprint density at radius 3 is 2.88 bits per heavy atom. The zero-order valence-electron chi connectivity index (χ0n) is 9.98. The maximum atomic E-state index is 11.5. The lowest BCUT2D eigenvalue weighted by Gasteiger charge is -2.17. The van der Waals surface area contributed by atoms with Gasteiger partial charge in [0.05, 0.1) is 19.1 Å². The fraction of sp³-hybridized carbons (Fsp3) is 0.818. The maximum Gasteiger partial charge on any atom is 0.307 e. The Hall–Kier alpha value is -1.14. The SMILES string of the molecule is COCCNC(=O)CC(C(=O)O)C1CCOC1. The Kier molecular flexibility index (Phi) is 5.93. The Bertz CT molecular complexity index is 263. The zero-order chi connectivity index (χ0) is 12.7. The second-order valence-electron chi connectivity index (χ2n) is 4.12. The van der Waals surface area contributed by atoms with Gasteiger partial charge in [-0.2, -0.15) is 0 Å².